The number of nitrogens with zero attached hydrogens (tertiary/aromatic N) is 3. The van der Waals surface area contributed by atoms with Crippen LogP contribution in [0.15, 0.2) is 35.6 Å². The largest absolute Gasteiger partial charge is 0.465 e. The Labute approximate surface area is 146 Å². The maximum absolute atomic E-state index is 11.6. The highest BCUT2D eigenvalue weighted by Gasteiger charge is 2.21. The summed E-state index contributed by atoms with van der Waals surface area (Å²) < 4.78 is 28.0. The number of fused-ring (bicyclic) bond motifs is 1. The maximum atomic E-state index is 11.6. The summed E-state index contributed by atoms with van der Waals surface area (Å²) in [6.45, 7) is 2.00. The van der Waals surface area contributed by atoms with Crippen LogP contribution in [-0.4, -0.2) is 49.2 Å². The number of aromatic nitrogens is 2. The van der Waals surface area contributed by atoms with Gasteiger partial charge >= 0.3 is 5.97 Å². The van der Waals surface area contributed by atoms with Crippen LogP contribution in [0.25, 0.3) is 0 Å². The number of methoxy groups -OCH3 is 1. The van der Waals surface area contributed by atoms with Crippen LogP contribution >= 0.6 is 0 Å². The minimum atomic E-state index is -3.42. The molecule has 0 radical (unpaired) electrons. The molecule has 25 heavy (non-hydrogen) atoms. The molecule has 1 aliphatic rings. The summed E-state index contributed by atoms with van der Waals surface area (Å²) in [5.74, 6) is -0.364. The van der Waals surface area contributed by atoms with Gasteiger partial charge in [-0.1, -0.05) is 12.1 Å². The Morgan fingerprint density at radius 3 is 2.88 bits per heavy atom. The molecule has 0 saturated carbocycles. The zero-order valence-corrected chi connectivity index (χ0v) is 14.9. The first-order valence-corrected chi connectivity index (χ1v) is 9.70. The molecule has 0 spiro atoms. The molecule has 0 fully saturated rings. The molecule has 0 atom stereocenters. The van der Waals surface area contributed by atoms with Crippen molar-refractivity contribution in [2.75, 3.05) is 19.9 Å². The predicted octanol–water partition coefficient (Wildman–Crippen LogP) is 1.22. The van der Waals surface area contributed by atoms with Gasteiger partial charge < -0.3 is 4.74 Å². The van der Waals surface area contributed by atoms with Gasteiger partial charge in [0.2, 0.25) is 15.0 Å². The topological polar surface area (TPSA) is 89.5 Å². The molecule has 8 heteroatoms. The first-order chi connectivity index (χ1) is 11.9. The van der Waals surface area contributed by atoms with Crippen LogP contribution in [0.1, 0.15) is 27.2 Å². The standard InChI is InChI=1S/C17H19N3O4S/c1-24-16(21)13-5-3-4-12(8-13)10-20-7-6-14-9-18-17(25(2,22)23)19-15(14)11-20/h3-5,8-9H,6-7,10-11H2,1-2H3. The van der Waals surface area contributed by atoms with Gasteiger partial charge in [0.25, 0.3) is 0 Å². The summed E-state index contributed by atoms with van der Waals surface area (Å²) in [5, 5.41) is -0.138. The number of carbonyl (C=O) groups is 1. The lowest BCUT2D eigenvalue weighted by Gasteiger charge is -2.28. The van der Waals surface area contributed by atoms with Crippen LogP contribution in [0.3, 0.4) is 0 Å². The molecule has 0 saturated heterocycles. The Bertz CT molecular complexity index is 912. The van der Waals surface area contributed by atoms with Crippen LogP contribution < -0.4 is 0 Å². The fourth-order valence-electron chi connectivity index (χ4n) is 2.83. The van der Waals surface area contributed by atoms with Crippen molar-refractivity contribution in [2.45, 2.75) is 24.7 Å². The monoisotopic (exact) mass is 361 g/mol. The summed E-state index contributed by atoms with van der Waals surface area (Å²) in [5.41, 5.74) is 3.22. The van der Waals surface area contributed by atoms with Gasteiger partial charge in [0.05, 0.1) is 18.4 Å². The van der Waals surface area contributed by atoms with E-state index < -0.39 is 9.84 Å². The second-order valence-corrected chi connectivity index (χ2v) is 7.96. The SMILES string of the molecule is COC(=O)c1cccc(CN2CCc3cnc(S(C)(=O)=O)nc3C2)c1. The van der Waals surface area contributed by atoms with Crippen molar-refractivity contribution in [2.24, 2.45) is 0 Å². The van der Waals surface area contributed by atoms with E-state index in [4.69, 9.17) is 4.74 Å². The van der Waals surface area contributed by atoms with Crippen LogP contribution in [0.4, 0.5) is 0 Å². The van der Waals surface area contributed by atoms with Gasteiger partial charge in [-0.15, -0.1) is 0 Å². The number of benzene rings is 1. The molecule has 0 N–H and O–H groups in total. The molecule has 7 nitrogen and oxygen atoms in total. The van der Waals surface area contributed by atoms with Crippen molar-refractivity contribution in [3.8, 4) is 0 Å². The zero-order valence-electron chi connectivity index (χ0n) is 14.1. The second-order valence-electron chi connectivity index (χ2n) is 6.05. The van der Waals surface area contributed by atoms with Crippen LogP contribution in [0.5, 0.6) is 0 Å². The van der Waals surface area contributed by atoms with Gasteiger partial charge in [-0.25, -0.2) is 23.2 Å². The molecular weight excluding hydrogens is 342 g/mol. The highest BCUT2D eigenvalue weighted by molar-refractivity contribution is 7.90. The van der Waals surface area contributed by atoms with E-state index in [-0.39, 0.29) is 11.1 Å². The average Bonchev–Trinajstić information content (AvgIpc) is 2.60. The number of hydrogen-bond donors (Lipinski definition) is 0. The Hall–Kier alpha value is -2.32. The molecule has 1 aromatic carbocycles. The first-order valence-electron chi connectivity index (χ1n) is 7.81. The lowest BCUT2D eigenvalue weighted by molar-refractivity contribution is 0.0600. The Morgan fingerprint density at radius 2 is 2.16 bits per heavy atom. The summed E-state index contributed by atoms with van der Waals surface area (Å²) in [6, 6.07) is 7.29. The average molecular weight is 361 g/mol. The summed E-state index contributed by atoms with van der Waals surface area (Å²) in [4.78, 5) is 22.0. The number of carbonyl (C=O) groups excluding carboxylic acids is 1. The number of rotatable bonds is 4. The molecule has 0 unspecified atom stereocenters. The smallest absolute Gasteiger partial charge is 0.337 e. The highest BCUT2D eigenvalue weighted by Crippen LogP contribution is 2.20. The molecule has 1 aromatic heterocycles. The Balaban J connectivity index is 1.78. The van der Waals surface area contributed by atoms with Gasteiger partial charge in [0, 0.05) is 32.1 Å². The van der Waals surface area contributed by atoms with Crippen LogP contribution in [-0.2, 0) is 34.1 Å². The Morgan fingerprint density at radius 1 is 1.36 bits per heavy atom. The lowest BCUT2D eigenvalue weighted by atomic mass is 10.1. The zero-order chi connectivity index (χ0) is 18.0. The third kappa shape index (κ3) is 4.02. The summed E-state index contributed by atoms with van der Waals surface area (Å²) in [7, 11) is -2.07. The quantitative estimate of drug-likeness (QED) is 0.597. The van der Waals surface area contributed by atoms with E-state index in [2.05, 4.69) is 14.9 Å². The fourth-order valence-corrected chi connectivity index (χ4v) is 3.35. The molecule has 1 aliphatic heterocycles. The molecule has 0 aliphatic carbocycles. The van der Waals surface area contributed by atoms with Crippen molar-refractivity contribution < 1.29 is 17.9 Å². The van der Waals surface area contributed by atoms with E-state index >= 15 is 0 Å². The van der Waals surface area contributed by atoms with Gasteiger partial charge in [-0.3, -0.25) is 4.90 Å². The van der Waals surface area contributed by atoms with Gasteiger partial charge in [0.15, 0.2) is 0 Å². The van der Waals surface area contributed by atoms with Crippen molar-refractivity contribution in [3.63, 3.8) is 0 Å². The Kier molecular flexibility index (Phi) is 4.82. The van der Waals surface area contributed by atoms with E-state index in [9.17, 15) is 13.2 Å². The molecule has 2 heterocycles. The minimum absolute atomic E-state index is 0.138. The summed E-state index contributed by atoms with van der Waals surface area (Å²) in [6.07, 6.45) is 3.47. The van der Waals surface area contributed by atoms with Crippen molar-refractivity contribution in [3.05, 3.63) is 52.8 Å². The van der Waals surface area contributed by atoms with Crippen LogP contribution in [0, 0.1) is 0 Å². The first kappa shape index (κ1) is 17.5. The maximum Gasteiger partial charge on any atom is 0.337 e. The number of sulfone groups is 1. The highest BCUT2D eigenvalue weighted by atomic mass is 32.2. The van der Waals surface area contributed by atoms with Gasteiger partial charge in [0.1, 0.15) is 0 Å². The van der Waals surface area contributed by atoms with E-state index in [0.29, 0.717) is 18.7 Å². The predicted molar refractivity (Wildman–Crippen MR) is 90.7 cm³/mol. The second kappa shape index (κ2) is 6.89. The van der Waals surface area contributed by atoms with Crippen molar-refractivity contribution in [1.29, 1.82) is 0 Å². The molecule has 3 rings (SSSR count). The van der Waals surface area contributed by atoms with Crippen molar-refractivity contribution >= 4 is 15.8 Å². The van der Waals surface area contributed by atoms with Gasteiger partial charge in [-0.2, -0.15) is 0 Å². The van der Waals surface area contributed by atoms with E-state index in [0.717, 1.165) is 36.0 Å². The number of ether oxygens (including phenoxy) is 1. The number of hydrogen-bond acceptors (Lipinski definition) is 7. The molecule has 132 valence electrons. The number of esters is 1. The lowest BCUT2D eigenvalue weighted by Crippen LogP contribution is -2.31. The van der Waals surface area contributed by atoms with Crippen molar-refractivity contribution in [1.82, 2.24) is 14.9 Å². The van der Waals surface area contributed by atoms with Crippen LogP contribution in [0.2, 0.25) is 0 Å². The molecule has 0 bridgehead atoms. The third-order valence-electron chi connectivity index (χ3n) is 4.09. The summed E-state index contributed by atoms with van der Waals surface area (Å²) >= 11 is 0. The fraction of sp³-hybridized carbons (Fsp3) is 0.353. The minimum Gasteiger partial charge on any atom is -0.465 e. The molecule has 0 amide bonds. The molecular formula is C17H19N3O4S. The normalized spacial score (nSPS) is 14.8. The van der Waals surface area contributed by atoms with E-state index in [1.54, 1.807) is 12.3 Å². The van der Waals surface area contributed by atoms with Gasteiger partial charge in [-0.05, 0) is 29.7 Å². The molecule has 2 aromatic rings. The van der Waals surface area contributed by atoms with E-state index in [1.165, 1.54) is 7.11 Å². The van der Waals surface area contributed by atoms with E-state index in [1.807, 2.05) is 18.2 Å². The third-order valence-corrected chi connectivity index (χ3v) is 4.95.